The standard InChI is InChI=1S/C27H26FN9/c1-36(2)9-8-29-20-11-17(10-19(28)13-20)24-26-23(6-7-30-24)32-27(33-26)25-21-12-16(4-5-22(21)34-35-25)18-14-31-37(3)15-18/h4-7,10-15,29H,8-9H2,1-3H3,(H,32,33)(H,34,35). The third-order valence-electron chi connectivity index (χ3n) is 6.29. The van der Waals surface area contributed by atoms with Crippen molar-refractivity contribution in [1.29, 1.82) is 0 Å². The fourth-order valence-corrected chi connectivity index (χ4v) is 4.46. The van der Waals surface area contributed by atoms with Crippen LogP contribution in [0.25, 0.3) is 55.8 Å². The molecule has 186 valence electrons. The average molecular weight is 496 g/mol. The number of hydrogen-bond donors (Lipinski definition) is 3. The Morgan fingerprint density at radius 2 is 1.89 bits per heavy atom. The zero-order valence-electron chi connectivity index (χ0n) is 20.7. The molecule has 0 saturated carbocycles. The topological polar surface area (TPSA) is 103 Å². The van der Waals surface area contributed by atoms with Gasteiger partial charge in [0, 0.05) is 54.7 Å². The van der Waals surface area contributed by atoms with Gasteiger partial charge in [-0.2, -0.15) is 10.2 Å². The van der Waals surface area contributed by atoms with Gasteiger partial charge in [-0.15, -0.1) is 0 Å². The van der Waals surface area contributed by atoms with Crippen molar-refractivity contribution < 1.29 is 4.39 Å². The van der Waals surface area contributed by atoms with Gasteiger partial charge in [0.05, 0.1) is 22.9 Å². The van der Waals surface area contributed by atoms with Crippen LogP contribution in [-0.2, 0) is 7.05 Å². The molecule has 0 aliphatic carbocycles. The molecular formula is C27H26FN9. The number of pyridine rings is 1. The van der Waals surface area contributed by atoms with Crippen LogP contribution in [0.1, 0.15) is 0 Å². The molecule has 3 N–H and O–H groups in total. The lowest BCUT2D eigenvalue weighted by molar-refractivity contribution is 0.425. The van der Waals surface area contributed by atoms with Gasteiger partial charge >= 0.3 is 0 Å². The maximum absolute atomic E-state index is 14.6. The van der Waals surface area contributed by atoms with Crippen LogP contribution in [-0.4, -0.2) is 67.0 Å². The largest absolute Gasteiger partial charge is 0.384 e. The first-order chi connectivity index (χ1) is 17.9. The molecule has 0 bridgehead atoms. The van der Waals surface area contributed by atoms with E-state index in [-0.39, 0.29) is 5.82 Å². The number of imidazole rings is 1. The van der Waals surface area contributed by atoms with Crippen molar-refractivity contribution in [1.82, 2.24) is 39.8 Å². The number of nitrogens with one attached hydrogen (secondary N) is 3. The van der Waals surface area contributed by atoms with Crippen LogP contribution in [0.15, 0.2) is 61.1 Å². The van der Waals surface area contributed by atoms with Crippen LogP contribution in [0.4, 0.5) is 10.1 Å². The summed E-state index contributed by atoms with van der Waals surface area (Å²) in [6.45, 7) is 1.54. The molecule has 4 heterocycles. The van der Waals surface area contributed by atoms with E-state index in [1.165, 1.54) is 12.1 Å². The van der Waals surface area contributed by atoms with Gasteiger partial charge in [0.15, 0.2) is 5.82 Å². The fraction of sp³-hybridized carbons (Fsp3) is 0.185. The Morgan fingerprint density at radius 1 is 1.00 bits per heavy atom. The first kappa shape index (κ1) is 22.9. The number of hydrogen-bond acceptors (Lipinski definition) is 6. The number of rotatable bonds is 7. The third kappa shape index (κ3) is 4.43. The predicted molar refractivity (Wildman–Crippen MR) is 144 cm³/mol. The Balaban J connectivity index is 1.40. The molecule has 6 rings (SSSR count). The summed E-state index contributed by atoms with van der Waals surface area (Å²) in [5, 5.41) is 16.1. The summed E-state index contributed by atoms with van der Waals surface area (Å²) in [5.41, 5.74) is 7.07. The molecule has 0 atom stereocenters. The lowest BCUT2D eigenvalue weighted by Crippen LogP contribution is -2.20. The Labute approximate surface area is 212 Å². The second kappa shape index (κ2) is 9.14. The Morgan fingerprint density at radius 3 is 2.70 bits per heavy atom. The van der Waals surface area contributed by atoms with Crippen LogP contribution in [0.3, 0.4) is 0 Å². The van der Waals surface area contributed by atoms with Crippen LogP contribution >= 0.6 is 0 Å². The van der Waals surface area contributed by atoms with Gasteiger partial charge in [-0.3, -0.25) is 14.8 Å². The van der Waals surface area contributed by atoms with Gasteiger partial charge in [-0.05, 0) is 56.1 Å². The van der Waals surface area contributed by atoms with Gasteiger partial charge in [-0.25, -0.2) is 9.37 Å². The van der Waals surface area contributed by atoms with Crippen LogP contribution < -0.4 is 5.32 Å². The van der Waals surface area contributed by atoms with Gasteiger partial charge in [0.25, 0.3) is 0 Å². The van der Waals surface area contributed by atoms with Gasteiger partial charge in [0.1, 0.15) is 17.0 Å². The minimum atomic E-state index is -0.333. The number of aromatic nitrogens is 7. The molecule has 0 radical (unpaired) electrons. The van der Waals surface area contributed by atoms with Gasteiger partial charge in [-0.1, -0.05) is 6.07 Å². The van der Waals surface area contributed by atoms with E-state index < -0.39 is 0 Å². The first-order valence-electron chi connectivity index (χ1n) is 12.0. The summed E-state index contributed by atoms with van der Waals surface area (Å²) in [6, 6.07) is 12.9. The molecule has 4 aromatic heterocycles. The third-order valence-corrected chi connectivity index (χ3v) is 6.29. The highest BCUT2D eigenvalue weighted by Gasteiger charge is 2.17. The molecule has 0 unspecified atom stereocenters. The zero-order chi connectivity index (χ0) is 25.5. The molecule has 0 aliphatic rings. The quantitative estimate of drug-likeness (QED) is 0.297. The molecule has 0 saturated heterocycles. The van der Waals surface area contributed by atoms with E-state index >= 15 is 0 Å². The van der Waals surface area contributed by atoms with E-state index in [1.54, 1.807) is 10.9 Å². The molecule has 37 heavy (non-hydrogen) atoms. The highest BCUT2D eigenvalue weighted by molar-refractivity contribution is 5.97. The molecular weight excluding hydrogens is 469 g/mol. The predicted octanol–water partition coefficient (Wildman–Crippen LogP) is 4.68. The number of benzene rings is 2. The van der Waals surface area contributed by atoms with Crippen molar-refractivity contribution in [3.8, 4) is 33.9 Å². The van der Waals surface area contributed by atoms with Crippen molar-refractivity contribution in [3.63, 3.8) is 0 Å². The van der Waals surface area contributed by atoms with Gasteiger partial charge in [0.2, 0.25) is 0 Å². The monoisotopic (exact) mass is 495 g/mol. The van der Waals surface area contributed by atoms with E-state index in [1.807, 2.05) is 57.8 Å². The van der Waals surface area contributed by atoms with Gasteiger partial charge < -0.3 is 15.2 Å². The van der Waals surface area contributed by atoms with E-state index in [4.69, 9.17) is 4.98 Å². The van der Waals surface area contributed by atoms with Crippen molar-refractivity contribution in [2.24, 2.45) is 7.05 Å². The number of nitrogens with zero attached hydrogens (tertiary/aromatic N) is 6. The maximum Gasteiger partial charge on any atom is 0.159 e. The second-order valence-corrected chi connectivity index (χ2v) is 9.34. The van der Waals surface area contributed by atoms with Crippen molar-refractivity contribution in [3.05, 3.63) is 66.9 Å². The number of aromatic amines is 2. The minimum absolute atomic E-state index is 0.333. The number of fused-ring (bicyclic) bond motifs is 2. The molecule has 0 aliphatic heterocycles. The molecule has 0 amide bonds. The lowest BCUT2D eigenvalue weighted by Gasteiger charge is -2.12. The summed E-state index contributed by atoms with van der Waals surface area (Å²) < 4.78 is 16.3. The van der Waals surface area contributed by atoms with Crippen LogP contribution in [0, 0.1) is 5.82 Å². The second-order valence-electron chi connectivity index (χ2n) is 9.34. The molecule has 0 spiro atoms. The first-order valence-corrected chi connectivity index (χ1v) is 12.0. The molecule has 2 aromatic carbocycles. The lowest BCUT2D eigenvalue weighted by atomic mass is 10.1. The Bertz CT molecular complexity index is 1730. The number of halogens is 1. The van der Waals surface area contributed by atoms with E-state index in [0.717, 1.165) is 34.1 Å². The number of aryl methyl sites for hydroxylation is 1. The van der Waals surface area contributed by atoms with Crippen LogP contribution in [0.2, 0.25) is 0 Å². The van der Waals surface area contributed by atoms with E-state index in [2.05, 4.69) is 41.5 Å². The molecule has 10 heteroatoms. The smallest absolute Gasteiger partial charge is 0.159 e. The van der Waals surface area contributed by atoms with Crippen molar-refractivity contribution in [2.75, 3.05) is 32.5 Å². The Hall–Kier alpha value is -4.57. The van der Waals surface area contributed by atoms with E-state index in [0.29, 0.717) is 40.5 Å². The zero-order valence-corrected chi connectivity index (χ0v) is 20.7. The summed E-state index contributed by atoms with van der Waals surface area (Å²) in [4.78, 5) is 14.9. The SMILES string of the molecule is CN(C)CCNc1cc(F)cc(-c2nccc3[nH]c(-c4n[nH]c5ccc(-c6cnn(C)c6)cc45)nc23)c1. The molecule has 9 nitrogen and oxygen atoms in total. The van der Waals surface area contributed by atoms with Crippen molar-refractivity contribution in [2.45, 2.75) is 0 Å². The Kier molecular flexibility index (Phi) is 5.65. The highest BCUT2D eigenvalue weighted by atomic mass is 19.1. The summed E-state index contributed by atoms with van der Waals surface area (Å²) in [7, 11) is 5.90. The summed E-state index contributed by atoms with van der Waals surface area (Å²) >= 11 is 0. The fourth-order valence-electron chi connectivity index (χ4n) is 4.46. The molecule has 6 aromatic rings. The van der Waals surface area contributed by atoms with Crippen LogP contribution in [0.5, 0.6) is 0 Å². The van der Waals surface area contributed by atoms with E-state index in [9.17, 15) is 4.39 Å². The number of likely N-dealkylation sites (N-methyl/N-ethyl adjacent to an activating group) is 1. The summed E-state index contributed by atoms with van der Waals surface area (Å²) in [5.74, 6) is 0.278. The molecule has 0 fully saturated rings. The average Bonchev–Trinajstić information content (AvgIpc) is 3.60. The summed E-state index contributed by atoms with van der Waals surface area (Å²) in [6.07, 6.45) is 5.51. The highest BCUT2D eigenvalue weighted by Crippen LogP contribution is 2.33. The minimum Gasteiger partial charge on any atom is -0.384 e. The maximum atomic E-state index is 14.6. The normalized spacial score (nSPS) is 11.7. The number of anilines is 1. The number of H-pyrrole nitrogens is 2. The van der Waals surface area contributed by atoms with Crippen molar-refractivity contribution >= 4 is 27.6 Å².